The lowest BCUT2D eigenvalue weighted by Crippen LogP contribution is -2.21. The van der Waals surface area contributed by atoms with E-state index in [9.17, 15) is 4.79 Å². The van der Waals surface area contributed by atoms with Crippen LogP contribution in [0.2, 0.25) is 0 Å². The van der Waals surface area contributed by atoms with Gasteiger partial charge >= 0.3 is 0 Å². The van der Waals surface area contributed by atoms with Crippen LogP contribution in [0.15, 0.2) is 54.7 Å². The number of aromatic nitrogens is 3. The molecule has 0 N–H and O–H groups in total. The predicted octanol–water partition coefficient (Wildman–Crippen LogP) is 4.47. The summed E-state index contributed by atoms with van der Waals surface area (Å²) in [6.45, 7) is 0.318. The molecule has 0 radical (unpaired) electrons. The molecular formula is C26H25N3O4. The normalized spacial score (nSPS) is 15.5. The second-order valence-corrected chi connectivity index (χ2v) is 8.13. The molecule has 0 aliphatic heterocycles. The first-order valence-corrected chi connectivity index (χ1v) is 10.8. The van der Waals surface area contributed by atoms with E-state index in [1.165, 1.54) is 0 Å². The van der Waals surface area contributed by atoms with Gasteiger partial charge in [-0.3, -0.25) is 4.79 Å². The largest absolute Gasteiger partial charge is 0.493 e. The van der Waals surface area contributed by atoms with Crippen LogP contribution in [0, 0.1) is 0 Å². The van der Waals surface area contributed by atoms with Crippen molar-refractivity contribution in [3.8, 4) is 22.6 Å². The molecule has 0 fully saturated rings. The summed E-state index contributed by atoms with van der Waals surface area (Å²) < 4.78 is 18.0. The van der Waals surface area contributed by atoms with Crippen LogP contribution in [0.5, 0.6) is 11.5 Å². The average molecular weight is 444 g/mol. The third-order valence-electron chi connectivity index (χ3n) is 6.16. The molecule has 1 unspecified atom stereocenters. The third-order valence-corrected chi connectivity index (χ3v) is 6.16. The quantitative estimate of drug-likeness (QED) is 0.438. The van der Waals surface area contributed by atoms with E-state index in [0.717, 1.165) is 28.1 Å². The fourth-order valence-corrected chi connectivity index (χ4v) is 4.57. The lowest BCUT2D eigenvalue weighted by atomic mass is 9.82. The fourth-order valence-electron chi connectivity index (χ4n) is 4.57. The summed E-state index contributed by atoms with van der Waals surface area (Å²) in [7, 11) is 4.85. The van der Waals surface area contributed by atoms with Crippen LogP contribution < -0.4 is 9.47 Å². The number of ketones is 1. The minimum atomic E-state index is 0.0935. The van der Waals surface area contributed by atoms with E-state index in [-0.39, 0.29) is 11.7 Å². The van der Waals surface area contributed by atoms with Crippen LogP contribution in [-0.2, 0) is 17.8 Å². The van der Waals surface area contributed by atoms with E-state index in [0.29, 0.717) is 42.2 Å². The van der Waals surface area contributed by atoms with Gasteiger partial charge < -0.3 is 14.2 Å². The Balaban J connectivity index is 1.66. The van der Waals surface area contributed by atoms with Crippen molar-refractivity contribution in [1.82, 2.24) is 14.6 Å². The first-order valence-electron chi connectivity index (χ1n) is 10.8. The lowest BCUT2D eigenvalue weighted by molar-refractivity contribution is 0.0962. The van der Waals surface area contributed by atoms with Crippen LogP contribution in [0.1, 0.15) is 39.6 Å². The number of nitrogens with zero attached hydrogens (tertiary/aromatic N) is 3. The summed E-state index contributed by atoms with van der Waals surface area (Å²) in [6, 6.07) is 15.9. The maximum atomic E-state index is 13.0. The summed E-state index contributed by atoms with van der Waals surface area (Å²) in [6.07, 6.45) is 2.99. The summed E-state index contributed by atoms with van der Waals surface area (Å²) >= 11 is 0. The third kappa shape index (κ3) is 3.74. The first-order chi connectivity index (χ1) is 16.1. The number of ether oxygens (including phenoxy) is 3. The Bertz CT molecular complexity index is 1330. The zero-order chi connectivity index (χ0) is 22.9. The molecule has 1 aliphatic rings. The molecule has 2 heterocycles. The second-order valence-electron chi connectivity index (χ2n) is 8.13. The molecular weight excluding hydrogens is 418 g/mol. The predicted molar refractivity (Wildman–Crippen MR) is 124 cm³/mol. The van der Waals surface area contributed by atoms with Gasteiger partial charge in [0.05, 0.1) is 43.3 Å². The molecule has 1 aliphatic carbocycles. The van der Waals surface area contributed by atoms with Crippen LogP contribution in [-0.4, -0.2) is 41.7 Å². The van der Waals surface area contributed by atoms with Gasteiger partial charge in [-0.2, -0.15) is 5.10 Å². The zero-order valence-corrected chi connectivity index (χ0v) is 18.9. The number of benzene rings is 2. The van der Waals surface area contributed by atoms with Crippen molar-refractivity contribution in [1.29, 1.82) is 0 Å². The van der Waals surface area contributed by atoms with E-state index in [1.54, 1.807) is 25.8 Å². The number of rotatable bonds is 6. The van der Waals surface area contributed by atoms with E-state index in [4.69, 9.17) is 24.3 Å². The molecule has 7 nitrogen and oxygen atoms in total. The van der Waals surface area contributed by atoms with E-state index >= 15 is 0 Å². The Labute approximate surface area is 191 Å². The number of Topliss-reactive ketones (excluding diaryl/α,β-unsaturated/α-hetero) is 1. The van der Waals surface area contributed by atoms with Crippen molar-refractivity contribution in [3.05, 3.63) is 77.2 Å². The van der Waals surface area contributed by atoms with Crippen molar-refractivity contribution < 1.29 is 19.0 Å². The lowest BCUT2D eigenvalue weighted by Gasteiger charge is -2.23. The highest BCUT2D eigenvalue weighted by atomic mass is 16.5. The molecule has 33 heavy (non-hydrogen) atoms. The Morgan fingerprint density at radius 1 is 1.00 bits per heavy atom. The van der Waals surface area contributed by atoms with E-state index < -0.39 is 0 Å². The first kappa shape index (κ1) is 21.2. The minimum absolute atomic E-state index is 0.0935. The Morgan fingerprint density at radius 2 is 1.79 bits per heavy atom. The number of carbonyl (C=O) groups is 1. The van der Waals surface area contributed by atoms with Crippen LogP contribution >= 0.6 is 0 Å². The molecule has 0 bridgehead atoms. The van der Waals surface area contributed by atoms with Crippen molar-refractivity contribution in [2.45, 2.75) is 25.4 Å². The van der Waals surface area contributed by atoms with Gasteiger partial charge in [-0.15, -0.1) is 0 Å². The maximum absolute atomic E-state index is 13.0. The molecule has 7 heteroatoms. The smallest absolute Gasteiger partial charge is 0.166 e. The Hall–Kier alpha value is -3.71. The van der Waals surface area contributed by atoms with Gasteiger partial charge in [-0.05, 0) is 35.6 Å². The highest BCUT2D eigenvalue weighted by Gasteiger charge is 2.29. The molecule has 168 valence electrons. The zero-order valence-electron chi connectivity index (χ0n) is 18.9. The van der Waals surface area contributed by atoms with Gasteiger partial charge in [0.25, 0.3) is 0 Å². The molecule has 0 spiro atoms. The number of hydrogen-bond acceptors (Lipinski definition) is 6. The summed E-state index contributed by atoms with van der Waals surface area (Å²) in [4.78, 5) is 18.0. The second kappa shape index (κ2) is 8.67. The number of hydrogen-bond donors (Lipinski definition) is 0. The van der Waals surface area contributed by atoms with E-state index in [2.05, 4.69) is 12.1 Å². The van der Waals surface area contributed by atoms with Crippen LogP contribution in [0.3, 0.4) is 0 Å². The van der Waals surface area contributed by atoms with Gasteiger partial charge in [0.2, 0.25) is 0 Å². The Morgan fingerprint density at radius 3 is 2.52 bits per heavy atom. The summed E-state index contributed by atoms with van der Waals surface area (Å²) in [5.41, 5.74) is 5.78. The molecule has 5 rings (SSSR count). The highest BCUT2D eigenvalue weighted by Crippen LogP contribution is 2.37. The monoisotopic (exact) mass is 443 g/mol. The number of methoxy groups -OCH3 is 3. The minimum Gasteiger partial charge on any atom is -0.493 e. The van der Waals surface area contributed by atoms with Crippen molar-refractivity contribution >= 4 is 11.4 Å². The fraction of sp³-hybridized carbons (Fsp3) is 0.269. The average Bonchev–Trinajstić information content (AvgIpc) is 3.20. The molecule has 0 saturated carbocycles. The van der Waals surface area contributed by atoms with Gasteiger partial charge in [0, 0.05) is 19.7 Å². The number of fused-ring (bicyclic) bond motifs is 2. The Kier molecular flexibility index (Phi) is 5.56. The number of carbonyl (C=O) groups excluding carboxylic acids is 1. The molecule has 4 aromatic rings. The molecule has 2 aromatic carbocycles. The van der Waals surface area contributed by atoms with Crippen LogP contribution in [0.4, 0.5) is 0 Å². The van der Waals surface area contributed by atoms with Crippen molar-refractivity contribution in [2.24, 2.45) is 0 Å². The molecule has 0 saturated heterocycles. The SMILES string of the molecule is COCc1nn2cc3c(nc2c1-c1ccc(OC)c(OC)c1)CC(c1ccccc1)CC3=O. The maximum Gasteiger partial charge on any atom is 0.166 e. The molecule has 0 amide bonds. The van der Waals surface area contributed by atoms with Gasteiger partial charge in [0.1, 0.15) is 0 Å². The highest BCUT2D eigenvalue weighted by molar-refractivity contribution is 5.99. The molecule has 1 atom stereocenters. The van der Waals surface area contributed by atoms with Gasteiger partial charge in [-0.25, -0.2) is 9.50 Å². The van der Waals surface area contributed by atoms with Gasteiger partial charge in [-0.1, -0.05) is 36.4 Å². The van der Waals surface area contributed by atoms with Crippen molar-refractivity contribution in [2.75, 3.05) is 21.3 Å². The summed E-state index contributed by atoms with van der Waals surface area (Å²) in [5, 5.41) is 4.70. The van der Waals surface area contributed by atoms with E-state index in [1.807, 2.05) is 42.6 Å². The summed E-state index contributed by atoms with van der Waals surface area (Å²) in [5.74, 6) is 1.48. The van der Waals surface area contributed by atoms with Crippen molar-refractivity contribution in [3.63, 3.8) is 0 Å². The van der Waals surface area contributed by atoms with Crippen LogP contribution in [0.25, 0.3) is 16.8 Å². The standard InChI is InChI=1S/C26H25N3O4/c1-31-15-21-25(17-9-10-23(32-2)24(13-17)33-3)26-27-20-11-18(16-7-5-4-6-8-16)12-22(30)19(20)14-29(26)28-21/h4-10,13-14,18H,11-12,15H2,1-3H3. The van der Waals surface area contributed by atoms with Gasteiger partial charge in [0.15, 0.2) is 22.9 Å². The topological polar surface area (TPSA) is 75.0 Å². The molecule has 2 aromatic heterocycles.